The first kappa shape index (κ1) is 18.7. The number of amides is 1. The van der Waals surface area contributed by atoms with Crippen LogP contribution in [0.15, 0.2) is 30.3 Å². The fourth-order valence-electron chi connectivity index (χ4n) is 3.50. The lowest BCUT2D eigenvalue weighted by atomic mass is 9.78. The van der Waals surface area contributed by atoms with E-state index < -0.39 is 17.8 Å². The minimum absolute atomic E-state index is 0.116. The Balaban J connectivity index is 1.37. The summed E-state index contributed by atoms with van der Waals surface area (Å²) in [4.78, 5) is 28.7. The van der Waals surface area contributed by atoms with Gasteiger partial charge in [-0.2, -0.15) is 0 Å². The third kappa shape index (κ3) is 4.74. The maximum Gasteiger partial charge on any atom is 0.441 e. The van der Waals surface area contributed by atoms with Crippen LogP contribution in [-0.4, -0.2) is 31.1 Å². The number of carbonyl (C=O) groups excluding carboxylic acids is 2. The second-order valence-corrected chi connectivity index (χ2v) is 6.82. The number of carbonyl (C=O) groups is 2. The maximum atomic E-state index is 12.2. The monoisotopic (exact) mass is 363 g/mol. The highest BCUT2D eigenvalue weighted by atomic mass is 16.7. The van der Waals surface area contributed by atoms with Gasteiger partial charge in [-0.1, -0.05) is 37.3 Å². The van der Waals surface area contributed by atoms with E-state index in [1.807, 2.05) is 37.3 Å². The van der Waals surface area contributed by atoms with E-state index in [4.69, 9.17) is 19.0 Å². The summed E-state index contributed by atoms with van der Waals surface area (Å²) in [5.41, 5.74) is 2.92. The van der Waals surface area contributed by atoms with E-state index in [1.54, 1.807) is 0 Å². The number of hydrogen-bond acceptors (Lipinski definition) is 6. The van der Waals surface area contributed by atoms with Crippen LogP contribution >= 0.6 is 0 Å². The van der Waals surface area contributed by atoms with Crippen LogP contribution in [0.3, 0.4) is 0 Å². The number of nitrogens with one attached hydrogen (secondary N) is 1. The molecule has 3 rings (SSSR count). The van der Waals surface area contributed by atoms with Gasteiger partial charge in [0.05, 0.1) is 19.1 Å². The van der Waals surface area contributed by atoms with Crippen molar-refractivity contribution >= 4 is 12.1 Å². The van der Waals surface area contributed by atoms with Gasteiger partial charge in [-0.15, -0.1) is 5.48 Å². The average Bonchev–Trinajstić information content (AvgIpc) is 3.13. The van der Waals surface area contributed by atoms with Crippen molar-refractivity contribution in [3.05, 3.63) is 35.9 Å². The van der Waals surface area contributed by atoms with Gasteiger partial charge >= 0.3 is 12.1 Å². The summed E-state index contributed by atoms with van der Waals surface area (Å²) in [6, 6.07) is 9.28. The molecule has 1 N–H and O–H groups in total. The molecule has 1 spiro atoms. The number of benzene rings is 1. The highest BCUT2D eigenvalue weighted by Gasteiger charge is 2.42. The van der Waals surface area contributed by atoms with Crippen LogP contribution in [0, 0.1) is 11.8 Å². The number of hydroxylamine groups is 1. The summed E-state index contributed by atoms with van der Waals surface area (Å²) in [6.45, 7) is 3.21. The van der Waals surface area contributed by atoms with Gasteiger partial charge in [0, 0.05) is 12.8 Å². The molecule has 1 heterocycles. The SMILES string of the molecule is C[C@H](C(=O)ONC(=O)OCc1ccccc1)C1CCC2(CC1)OCCO2. The van der Waals surface area contributed by atoms with Gasteiger partial charge in [0.2, 0.25) is 0 Å². The molecule has 0 unspecified atom stereocenters. The minimum Gasteiger partial charge on any atom is -0.443 e. The van der Waals surface area contributed by atoms with Gasteiger partial charge in [0.15, 0.2) is 5.79 Å². The van der Waals surface area contributed by atoms with Crippen molar-refractivity contribution in [2.45, 2.75) is 45.0 Å². The first-order valence-electron chi connectivity index (χ1n) is 9.03. The van der Waals surface area contributed by atoms with Crippen LogP contribution in [0.25, 0.3) is 0 Å². The molecule has 1 aromatic rings. The van der Waals surface area contributed by atoms with E-state index >= 15 is 0 Å². The Morgan fingerprint density at radius 3 is 2.50 bits per heavy atom. The molecule has 1 amide bonds. The fourth-order valence-corrected chi connectivity index (χ4v) is 3.50. The Hall–Kier alpha value is -2.12. The Labute approximate surface area is 152 Å². The average molecular weight is 363 g/mol. The molecule has 0 bridgehead atoms. The summed E-state index contributed by atoms with van der Waals surface area (Å²) in [6.07, 6.45) is 2.43. The first-order chi connectivity index (χ1) is 12.6. The molecule has 7 heteroatoms. The topological polar surface area (TPSA) is 83.1 Å². The van der Waals surface area contributed by atoms with Gasteiger partial charge < -0.3 is 19.0 Å². The lowest BCUT2D eigenvalue weighted by Crippen LogP contribution is -2.39. The van der Waals surface area contributed by atoms with Gasteiger partial charge in [-0.25, -0.2) is 9.59 Å². The molecule has 1 atom stereocenters. The van der Waals surface area contributed by atoms with Crippen molar-refractivity contribution in [2.75, 3.05) is 13.2 Å². The predicted molar refractivity (Wildman–Crippen MR) is 91.6 cm³/mol. The normalized spacial score (nSPS) is 20.5. The van der Waals surface area contributed by atoms with Crippen LogP contribution in [0.2, 0.25) is 0 Å². The van der Waals surface area contributed by atoms with Gasteiger partial charge in [0.25, 0.3) is 0 Å². The number of hydrogen-bond donors (Lipinski definition) is 1. The lowest BCUT2D eigenvalue weighted by Gasteiger charge is -2.36. The smallest absolute Gasteiger partial charge is 0.441 e. The molecular formula is C19H25NO6. The summed E-state index contributed by atoms with van der Waals surface area (Å²) < 4.78 is 16.4. The summed E-state index contributed by atoms with van der Waals surface area (Å²) in [5, 5.41) is 0. The van der Waals surface area contributed by atoms with E-state index in [2.05, 4.69) is 5.48 Å². The molecule has 1 saturated heterocycles. The van der Waals surface area contributed by atoms with E-state index in [0.717, 1.165) is 31.2 Å². The van der Waals surface area contributed by atoms with E-state index in [0.29, 0.717) is 13.2 Å². The molecule has 2 aliphatic rings. The van der Waals surface area contributed by atoms with Crippen LogP contribution in [0.1, 0.15) is 38.2 Å². The van der Waals surface area contributed by atoms with Crippen molar-refractivity contribution in [3.63, 3.8) is 0 Å². The second-order valence-electron chi connectivity index (χ2n) is 6.82. The molecule has 0 aromatic heterocycles. The van der Waals surface area contributed by atoms with Crippen molar-refractivity contribution in [1.82, 2.24) is 5.48 Å². The Morgan fingerprint density at radius 2 is 1.85 bits per heavy atom. The van der Waals surface area contributed by atoms with Crippen LogP contribution in [-0.2, 0) is 30.4 Å². The number of ether oxygens (including phenoxy) is 3. The summed E-state index contributed by atoms with van der Waals surface area (Å²) in [5.74, 6) is -1.04. The highest BCUT2D eigenvalue weighted by Crippen LogP contribution is 2.40. The highest BCUT2D eigenvalue weighted by molar-refractivity contribution is 5.75. The summed E-state index contributed by atoms with van der Waals surface area (Å²) >= 11 is 0. The minimum atomic E-state index is -0.787. The van der Waals surface area contributed by atoms with E-state index in [9.17, 15) is 9.59 Å². The zero-order valence-electron chi connectivity index (χ0n) is 14.9. The molecule has 26 heavy (non-hydrogen) atoms. The molecule has 142 valence electrons. The van der Waals surface area contributed by atoms with Crippen LogP contribution in [0.4, 0.5) is 4.79 Å². The molecule has 1 aliphatic heterocycles. The largest absolute Gasteiger partial charge is 0.443 e. The molecule has 1 aliphatic carbocycles. The molecule has 0 radical (unpaired) electrons. The Bertz CT molecular complexity index is 604. The van der Waals surface area contributed by atoms with E-state index in [-0.39, 0.29) is 18.4 Å². The van der Waals surface area contributed by atoms with Gasteiger partial charge in [0.1, 0.15) is 6.61 Å². The van der Waals surface area contributed by atoms with Gasteiger partial charge in [-0.05, 0) is 24.3 Å². The van der Waals surface area contributed by atoms with Crippen molar-refractivity contribution in [3.8, 4) is 0 Å². The van der Waals surface area contributed by atoms with Crippen molar-refractivity contribution in [1.29, 1.82) is 0 Å². The predicted octanol–water partition coefficient (Wildman–Crippen LogP) is 2.94. The Morgan fingerprint density at radius 1 is 1.19 bits per heavy atom. The lowest BCUT2D eigenvalue weighted by molar-refractivity contribution is -0.187. The quantitative estimate of drug-likeness (QED) is 0.828. The number of rotatable bonds is 4. The van der Waals surface area contributed by atoms with E-state index in [1.165, 1.54) is 0 Å². The van der Waals surface area contributed by atoms with Crippen molar-refractivity contribution < 1.29 is 28.6 Å². The summed E-state index contributed by atoms with van der Waals surface area (Å²) in [7, 11) is 0. The molecule has 1 aromatic carbocycles. The van der Waals surface area contributed by atoms with Gasteiger partial charge in [-0.3, -0.25) is 0 Å². The third-order valence-electron chi connectivity index (χ3n) is 5.13. The van der Waals surface area contributed by atoms with Crippen molar-refractivity contribution in [2.24, 2.45) is 11.8 Å². The zero-order chi connectivity index (χ0) is 18.4. The second kappa shape index (κ2) is 8.51. The van der Waals surface area contributed by atoms with Crippen LogP contribution < -0.4 is 5.48 Å². The fraction of sp³-hybridized carbons (Fsp3) is 0.579. The molecule has 2 fully saturated rings. The standard InChI is InChI=1S/C19H25NO6/c1-14(16-7-9-19(10-8-16)24-11-12-25-19)17(21)26-20-18(22)23-13-15-5-3-2-4-6-15/h2-6,14,16H,7-13H2,1H3,(H,20,22)/t14-/m0/s1. The molecule has 1 saturated carbocycles. The zero-order valence-corrected chi connectivity index (χ0v) is 14.9. The first-order valence-corrected chi connectivity index (χ1v) is 9.03. The molecular weight excluding hydrogens is 338 g/mol. The molecule has 7 nitrogen and oxygen atoms in total. The maximum absolute atomic E-state index is 12.2. The Kier molecular flexibility index (Phi) is 6.11. The third-order valence-corrected chi connectivity index (χ3v) is 5.13. The van der Waals surface area contributed by atoms with Crippen LogP contribution in [0.5, 0.6) is 0 Å².